The summed E-state index contributed by atoms with van der Waals surface area (Å²) in [5.74, 6) is 0.519. The fraction of sp³-hybridized carbons (Fsp3) is 0.278. The van der Waals surface area contributed by atoms with Gasteiger partial charge in [-0.3, -0.25) is 4.79 Å². The van der Waals surface area contributed by atoms with E-state index < -0.39 is 6.10 Å². The Kier molecular flexibility index (Phi) is 6.00. The summed E-state index contributed by atoms with van der Waals surface area (Å²) in [4.78, 5) is 12.4. The van der Waals surface area contributed by atoms with Gasteiger partial charge < -0.3 is 19.9 Å². The average molecular weight is 315 g/mol. The fourth-order valence-electron chi connectivity index (χ4n) is 2.33. The number of hydrogen-bond donors (Lipinski definition) is 2. The maximum Gasteiger partial charge on any atom is 0.258 e. The highest BCUT2D eigenvalue weighted by Gasteiger charge is 2.18. The van der Waals surface area contributed by atoms with E-state index in [0.717, 1.165) is 5.56 Å². The maximum atomic E-state index is 12.4. The van der Waals surface area contributed by atoms with Gasteiger partial charge in [-0.05, 0) is 17.7 Å². The van der Waals surface area contributed by atoms with Crippen LogP contribution in [0.2, 0.25) is 0 Å². The molecule has 0 aromatic heterocycles. The number of ether oxygens (including phenoxy) is 2. The molecule has 2 aromatic carbocycles. The minimum Gasteiger partial charge on any atom is -0.496 e. The molecule has 0 saturated carbocycles. The smallest absolute Gasteiger partial charge is 0.258 e. The van der Waals surface area contributed by atoms with Gasteiger partial charge >= 0.3 is 0 Å². The van der Waals surface area contributed by atoms with Gasteiger partial charge in [-0.2, -0.15) is 0 Å². The third-order valence-electron chi connectivity index (χ3n) is 3.47. The molecule has 1 amide bonds. The summed E-state index contributed by atoms with van der Waals surface area (Å²) < 4.78 is 10.4. The Morgan fingerprint density at radius 3 is 2.22 bits per heavy atom. The largest absolute Gasteiger partial charge is 0.496 e. The Labute approximate surface area is 135 Å². The van der Waals surface area contributed by atoms with Crippen molar-refractivity contribution in [2.24, 2.45) is 0 Å². The van der Waals surface area contributed by atoms with Crippen LogP contribution in [0, 0.1) is 0 Å². The number of carbonyl (C=O) groups excluding carboxylic acids is 1. The third-order valence-corrected chi connectivity index (χ3v) is 3.47. The molecule has 2 aromatic rings. The molecule has 5 nitrogen and oxygen atoms in total. The first-order valence-corrected chi connectivity index (χ1v) is 7.37. The van der Waals surface area contributed by atoms with Crippen LogP contribution in [0.25, 0.3) is 0 Å². The van der Waals surface area contributed by atoms with E-state index >= 15 is 0 Å². The van der Waals surface area contributed by atoms with Gasteiger partial charge in [-0.1, -0.05) is 36.4 Å². The number of rotatable bonds is 7. The van der Waals surface area contributed by atoms with Gasteiger partial charge in [0, 0.05) is 13.0 Å². The monoisotopic (exact) mass is 315 g/mol. The molecule has 122 valence electrons. The molecule has 0 heterocycles. The molecule has 1 unspecified atom stereocenters. The van der Waals surface area contributed by atoms with E-state index in [2.05, 4.69) is 5.32 Å². The van der Waals surface area contributed by atoms with Gasteiger partial charge in [0.2, 0.25) is 0 Å². The zero-order valence-electron chi connectivity index (χ0n) is 13.3. The molecule has 0 aliphatic carbocycles. The first-order chi connectivity index (χ1) is 11.2. The lowest BCUT2D eigenvalue weighted by Crippen LogP contribution is -2.33. The molecule has 1 atom stereocenters. The van der Waals surface area contributed by atoms with Gasteiger partial charge in [0.1, 0.15) is 17.1 Å². The first-order valence-electron chi connectivity index (χ1n) is 7.37. The van der Waals surface area contributed by atoms with Crippen molar-refractivity contribution in [1.29, 1.82) is 0 Å². The number of methoxy groups -OCH3 is 2. The highest BCUT2D eigenvalue weighted by Crippen LogP contribution is 2.27. The normalized spacial score (nSPS) is 11.6. The molecule has 0 bridgehead atoms. The van der Waals surface area contributed by atoms with Gasteiger partial charge in [-0.15, -0.1) is 0 Å². The maximum absolute atomic E-state index is 12.4. The van der Waals surface area contributed by atoms with E-state index in [1.54, 1.807) is 18.2 Å². The van der Waals surface area contributed by atoms with Crippen LogP contribution in [0.15, 0.2) is 48.5 Å². The average Bonchev–Trinajstić information content (AvgIpc) is 2.59. The van der Waals surface area contributed by atoms with Crippen LogP contribution in [0.5, 0.6) is 11.5 Å². The molecule has 0 aliphatic heterocycles. The van der Waals surface area contributed by atoms with Crippen molar-refractivity contribution in [1.82, 2.24) is 5.32 Å². The van der Waals surface area contributed by atoms with Gasteiger partial charge in [-0.25, -0.2) is 0 Å². The number of nitrogens with one attached hydrogen (secondary N) is 1. The van der Waals surface area contributed by atoms with E-state index in [4.69, 9.17) is 9.47 Å². The van der Waals surface area contributed by atoms with Crippen LogP contribution >= 0.6 is 0 Å². The Balaban J connectivity index is 2.00. The summed E-state index contributed by atoms with van der Waals surface area (Å²) >= 11 is 0. The number of aliphatic hydroxyl groups excluding tert-OH is 1. The second-order valence-electron chi connectivity index (χ2n) is 5.09. The number of aliphatic hydroxyl groups is 1. The van der Waals surface area contributed by atoms with Crippen molar-refractivity contribution >= 4 is 5.91 Å². The van der Waals surface area contributed by atoms with E-state index in [0.29, 0.717) is 23.5 Å². The second-order valence-corrected chi connectivity index (χ2v) is 5.09. The molecule has 0 radical (unpaired) electrons. The van der Waals surface area contributed by atoms with Crippen molar-refractivity contribution in [3.63, 3.8) is 0 Å². The number of hydrogen-bond acceptors (Lipinski definition) is 4. The standard InChI is InChI=1S/C18H21NO4/c1-22-15-9-6-10-16(23-2)17(15)18(21)19-12-14(20)11-13-7-4-3-5-8-13/h3-10,14,20H,11-12H2,1-2H3,(H,19,21). The predicted octanol–water partition coefficient (Wildman–Crippen LogP) is 2.04. The topological polar surface area (TPSA) is 67.8 Å². The second kappa shape index (κ2) is 8.19. The summed E-state index contributed by atoms with van der Waals surface area (Å²) in [6.07, 6.45) is -0.188. The fourth-order valence-corrected chi connectivity index (χ4v) is 2.33. The number of benzene rings is 2. The van der Waals surface area contributed by atoms with Crippen molar-refractivity contribution in [3.05, 3.63) is 59.7 Å². The Morgan fingerprint density at radius 2 is 1.65 bits per heavy atom. The van der Waals surface area contributed by atoms with Gasteiger partial charge in [0.15, 0.2) is 0 Å². The summed E-state index contributed by atoms with van der Waals surface area (Å²) in [6.45, 7) is 0.148. The Bertz CT molecular complexity index is 620. The van der Waals surface area contributed by atoms with Gasteiger partial charge in [0.25, 0.3) is 5.91 Å². The van der Waals surface area contributed by atoms with Crippen LogP contribution in [0.4, 0.5) is 0 Å². The summed E-state index contributed by atoms with van der Waals surface area (Å²) in [7, 11) is 2.99. The molecule has 0 fully saturated rings. The van der Waals surface area contributed by atoms with E-state index in [1.807, 2.05) is 30.3 Å². The van der Waals surface area contributed by atoms with Crippen LogP contribution < -0.4 is 14.8 Å². The molecular formula is C18H21NO4. The van der Waals surface area contributed by atoms with Crippen molar-refractivity contribution < 1.29 is 19.4 Å². The highest BCUT2D eigenvalue weighted by atomic mass is 16.5. The van der Waals surface area contributed by atoms with E-state index in [-0.39, 0.29) is 12.5 Å². The van der Waals surface area contributed by atoms with E-state index in [9.17, 15) is 9.90 Å². The van der Waals surface area contributed by atoms with E-state index in [1.165, 1.54) is 14.2 Å². The molecule has 0 aliphatic rings. The zero-order chi connectivity index (χ0) is 16.7. The van der Waals surface area contributed by atoms with Crippen LogP contribution in [0.3, 0.4) is 0 Å². The van der Waals surface area contributed by atoms with Crippen molar-refractivity contribution in [3.8, 4) is 11.5 Å². The van der Waals surface area contributed by atoms with Crippen molar-refractivity contribution in [2.45, 2.75) is 12.5 Å². The lowest BCUT2D eigenvalue weighted by molar-refractivity contribution is 0.0909. The quantitative estimate of drug-likeness (QED) is 0.820. The molecule has 0 spiro atoms. The SMILES string of the molecule is COc1cccc(OC)c1C(=O)NCC(O)Cc1ccccc1. The number of carbonyl (C=O) groups is 1. The minimum atomic E-state index is -0.665. The molecule has 5 heteroatoms. The Hall–Kier alpha value is -2.53. The molecule has 23 heavy (non-hydrogen) atoms. The molecular weight excluding hydrogens is 294 g/mol. The summed E-state index contributed by atoms with van der Waals surface area (Å²) in [6, 6.07) is 14.8. The Morgan fingerprint density at radius 1 is 1.04 bits per heavy atom. The van der Waals surface area contributed by atoms with Crippen LogP contribution in [0.1, 0.15) is 15.9 Å². The minimum absolute atomic E-state index is 0.148. The highest BCUT2D eigenvalue weighted by molar-refractivity contribution is 5.99. The molecule has 0 saturated heterocycles. The molecule has 2 N–H and O–H groups in total. The third kappa shape index (κ3) is 4.47. The van der Waals surface area contributed by atoms with Gasteiger partial charge in [0.05, 0.1) is 20.3 Å². The number of amides is 1. The predicted molar refractivity (Wildman–Crippen MR) is 88.0 cm³/mol. The zero-order valence-corrected chi connectivity index (χ0v) is 13.3. The molecule has 2 rings (SSSR count). The summed E-state index contributed by atoms with van der Waals surface area (Å²) in [5, 5.41) is 12.8. The summed E-state index contributed by atoms with van der Waals surface area (Å²) in [5.41, 5.74) is 1.34. The van der Waals surface area contributed by atoms with Crippen LogP contribution in [-0.4, -0.2) is 37.9 Å². The lowest BCUT2D eigenvalue weighted by Gasteiger charge is -2.15. The van der Waals surface area contributed by atoms with Crippen LogP contribution in [-0.2, 0) is 6.42 Å². The first kappa shape index (κ1) is 16.8. The van der Waals surface area contributed by atoms with Crippen molar-refractivity contribution in [2.75, 3.05) is 20.8 Å². The lowest BCUT2D eigenvalue weighted by atomic mass is 10.1.